The molecule has 0 aromatic heterocycles. The van der Waals surface area contributed by atoms with Crippen LogP contribution in [0.25, 0.3) is 0 Å². The summed E-state index contributed by atoms with van der Waals surface area (Å²) < 4.78 is 0. The van der Waals surface area contributed by atoms with Crippen LogP contribution in [0.15, 0.2) is 0 Å². The highest BCUT2D eigenvalue weighted by atomic mass is 16.4. The van der Waals surface area contributed by atoms with Gasteiger partial charge in [0.25, 0.3) is 0 Å². The summed E-state index contributed by atoms with van der Waals surface area (Å²) in [4.78, 5) is 20.9. The van der Waals surface area contributed by atoms with Crippen molar-refractivity contribution >= 4 is 11.9 Å². The predicted molar refractivity (Wildman–Crippen MR) is 43.1 cm³/mol. The fourth-order valence-corrected chi connectivity index (χ4v) is 0.853. The summed E-state index contributed by atoms with van der Waals surface area (Å²) in [5, 5.41) is 25.8. The molecule has 2 atom stereocenters. The molecule has 0 unspecified atom stereocenters. The highest BCUT2D eigenvalue weighted by Crippen LogP contribution is 2.14. The molecule has 0 fully saturated rings. The lowest BCUT2D eigenvalue weighted by Gasteiger charge is -2.23. The molecule has 6 nitrogen and oxygen atoms in total. The van der Waals surface area contributed by atoms with Crippen LogP contribution >= 0.6 is 0 Å². The maximum absolute atomic E-state index is 10.5. The largest absolute Gasteiger partial charge is 0.481 e. The molecular weight excluding hydrogens is 178 g/mol. The van der Waals surface area contributed by atoms with Crippen LogP contribution in [0.2, 0.25) is 0 Å². The second-order valence-corrected chi connectivity index (χ2v) is 3.06. The van der Waals surface area contributed by atoms with Gasteiger partial charge in [-0.05, 0) is 6.42 Å². The second kappa shape index (κ2) is 4.20. The number of aliphatic hydroxyl groups is 1. The van der Waals surface area contributed by atoms with Crippen LogP contribution in [0.1, 0.15) is 13.3 Å². The summed E-state index contributed by atoms with van der Waals surface area (Å²) in [6.45, 7) is 0.558. The first-order valence-electron chi connectivity index (χ1n) is 3.69. The van der Waals surface area contributed by atoms with E-state index in [4.69, 9.17) is 21.1 Å². The zero-order valence-corrected chi connectivity index (χ0v) is 7.23. The lowest BCUT2D eigenvalue weighted by molar-refractivity contribution is -0.148. The Morgan fingerprint density at radius 2 is 1.92 bits per heavy atom. The quantitative estimate of drug-likeness (QED) is 0.436. The zero-order chi connectivity index (χ0) is 10.6. The molecule has 0 aromatic rings. The van der Waals surface area contributed by atoms with Gasteiger partial charge >= 0.3 is 11.9 Å². The van der Waals surface area contributed by atoms with Crippen LogP contribution in [0, 0.1) is 5.92 Å². The van der Waals surface area contributed by atoms with Crippen molar-refractivity contribution in [1.82, 2.24) is 0 Å². The number of aliphatic carboxylic acids is 2. The van der Waals surface area contributed by atoms with Gasteiger partial charge in [0, 0.05) is 0 Å². The zero-order valence-electron chi connectivity index (χ0n) is 7.23. The third-order valence-corrected chi connectivity index (χ3v) is 1.80. The number of aliphatic hydroxyl groups excluding tert-OH is 1. The van der Waals surface area contributed by atoms with Gasteiger partial charge in [0.05, 0.1) is 12.5 Å². The summed E-state index contributed by atoms with van der Waals surface area (Å²) in [7, 11) is 0. The van der Waals surface area contributed by atoms with E-state index in [0.29, 0.717) is 0 Å². The van der Waals surface area contributed by atoms with Gasteiger partial charge in [0.1, 0.15) is 5.54 Å². The van der Waals surface area contributed by atoms with E-state index in [1.807, 2.05) is 0 Å². The van der Waals surface area contributed by atoms with Gasteiger partial charge in [-0.3, -0.25) is 9.59 Å². The first-order chi connectivity index (χ1) is 5.83. The third-order valence-electron chi connectivity index (χ3n) is 1.80. The fourth-order valence-electron chi connectivity index (χ4n) is 0.853. The first-order valence-corrected chi connectivity index (χ1v) is 3.69. The van der Waals surface area contributed by atoms with E-state index in [1.165, 1.54) is 6.92 Å². The molecule has 0 aliphatic heterocycles. The Hall–Kier alpha value is -1.14. The Bertz CT molecular complexity index is 217. The molecule has 0 saturated heterocycles. The fraction of sp³-hybridized carbons (Fsp3) is 0.714. The van der Waals surface area contributed by atoms with Gasteiger partial charge in [-0.15, -0.1) is 0 Å². The number of rotatable bonds is 5. The van der Waals surface area contributed by atoms with Crippen molar-refractivity contribution in [3.05, 3.63) is 0 Å². The molecule has 0 aliphatic rings. The standard InChI is InChI=1S/C7H13NO5/c1-4(5(10)11)2-7(8,3-9)6(12)13/h4,9H,2-3,8H2,1H3,(H,10,11)(H,12,13)/t4-,7-/m1/s1. The summed E-state index contributed by atoms with van der Waals surface area (Å²) in [6.07, 6.45) is -0.297. The number of nitrogens with two attached hydrogens (primary N) is 1. The SMILES string of the molecule is C[C@H](C[C@@](N)(CO)C(=O)O)C(=O)O. The highest BCUT2D eigenvalue weighted by Gasteiger charge is 2.36. The Morgan fingerprint density at radius 3 is 2.15 bits per heavy atom. The Kier molecular flexibility index (Phi) is 3.83. The van der Waals surface area contributed by atoms with Gasteiger partial charge < -0.3 is 21.1 Å². The molecule has 6 heteroatoms. The van der Waals surface area contributed by atoms with E-state index in [1.54, 1.807) is 0 Å². The molecule has 0 radical (unpaired) electrons. The van der Waals surface area contributed by atoms with Gasteiger partial charge in [-0.1, -0.05) is 6.92 Å². The van der Waals surface area contributed by atoms with Crippen LogP contribution in [-0.2, 0) is 9.59 Å². The van der Waals surface area contributed by atoms with Crippen molar-refractivity contribution in [3.8, 4) is 0 Å². The maximum Gasteiger partial charge on any atom is 0.326 e. The van der Waals surface area contributed by atoms with Crippen molar-refractivity contribution in [1.29, 1.82) is 0 Å². The van der Waals surface area contributed by atoms with Gasteiger partial charge in [0.15, 0.2) is 0 Å². The van der Waals surface area contributed by atoms with Crippen molar-refractivity contribution < 1.29 is 24.9 Å². The molecule has 76 valence electrons. The minimum atomic E-state index is -1.86. The van der Waals surface area contributed by atoms with Crippen molar-refractivity contribution in [3.63, 3.8) is 0 Å². The highest BCUT2D eigenvalue weighted by molar-refractivity contribution is 5.80. The van der Waals surface area contributed by atoms with Gasteiger partial charge in [-0.25, -0.2) is 0 Å². The summed E-state index contributed by atoms with van der Waals surface area (Å²) >= 11 is 0. The van der Waals surface area contributed by atoms with Gasteiger partial charge in [0.2, 0.25) is 0 Å². The van der Waals surface area contributed by atoms with E-state index < -0.39 is 30.0 Å². The van der Waals surface area contributed by atoms with Crippen LogP contribution in [0.4, 0.5) is 0 Å². The van der Waals surface area contributed by atoms with Crippen molar-refractivity contribution in [2.75, 3.05) is 6.61 Å². The second-order valence-electron chi connectivity index (χ2n) is 3.06. The van der Waals surface area contributed by atoms with E-state index in [2.05, 4.69) is 0 Å². The molecule has 5 N–H and O–H groups in total. The average Bonchev–Trinajstić information content (AvgIpc) is 2.03. The van der Waals surface area contributed by atoms with E-state index in [0.717, 1.165) is 0 Å². The van der Waals surface area contributed by atoms with Crippen LogP contribution < -0.4 is 5.73 Å². The molecule has 0 spiro atoms. The third kappa shape index (κ3) is 3.00. The number of carboxylic acids is 2. The molecule has 0 aliphatic carbocycles. The molecule has 0 saturated carbocycles. The summed E-state index contributed by atoms with van der Waals surface area (Å²) in [5.41, 5.74) is 3.40. The smallest absolute Gasteiger partial charge is 0.326 e. The first kappa shape index (κ1) is 11.9. The lowest BCUT2D eigenvalue weighted by Crippen LogP contribution is -2.53. The molecule has 0 rings (SSSR count). The minimum Gasteiger partial charge on any atom is -0.481 e. The Balaban J connectivity index is 4.45. The lowest BCUT2D eigenvalue weighted by atomic mass is 9.90. The van der Waals surface area contributed by atoms with Crippen molar-refractivity contribution in [2.45, 2.75) is 18.9 Å². The number of hydrogen-bond donors (Lipinski definition) is 4. The van der Waals surface area contributed by atoms with Crippen LogP contribution in [0.3, 0.4) is 0 Å². The van der Waals surface area contributed by atoms with E-state index in [9.17, 15) is 9.59 Å². The predicted octanol–water partition coefficient (Wildman–Crippen LogP) is -1.13. The number of hydrogen-bond acceptors (Lipinski definition) is 4. The molecular formula is C7H13NO5. The monoisotopic (exact) mass is 191 g/mol. The molecule has 13 heavy (non-hydrogen) atoms. The summed E-state index contributed by atoms with van der Waals surface area (Å²) in [5.74, 6) is -3.43. The Morgan fingerprint density at radius 1 is 1.46 bits per heavy atom. The molecule has 0 heterocycles. The maximum atomic E-state index is 10.5. The van der Waals surface area contributed by atoms with Crippen LogP contribution in [-0.4, -0.2) is 39.4 Å². The number of carboxylic acid groups (broad SMARTS) is 2. The topological polar surface area (TPSA) is 121 Å². The number of carbonyl (C=O) groups is 2. The average molecular weight is 191 g/mol. The van der Waals surface area contributed by atoms with Gasteiger partial charge in [-0.2, -0.15) is 0 Å². The normalized spacial score (nSPS) is 17.5. The molecule has 0 bridgehead atoms. The van der Waals surface area contributed by atoms with Crippen molar-refractivity contribution in [2.24, 2.45) is 11.7 Å². The van der Waals surface area contributed by atoms with E-state index in [-0.39, 0.29) is 6.42 Å². The Labute approximate surface area is 75.0 Å². The van der Waals surface area contributed by atoms with E-state index >= 15 is 0 Å². The minimum absolute atomic E-state index is 0.297. The molecule has 0 aromatic carbocycles. The van der Waals surface area contributed by atoms with Crippen LogP contribution in [0.5, 0.6) is 0 Å². The molecule has 0 amide bonds. The summed E-state index contributed by atoms with van der Waals surface area (Å²) in [6, 6.07) is 0.